The van der Waals surface area contributed by atoms with Crippen molar-refractivity contribution in [2.75, 3.05) is 0 Å². The summed E-state index contributed by atoms with van der Waals surface area (Å²) in [5.74, 6) is 0. The summed E-state index contributed by atoms with van der Waals surface area (Å²) in [6.45, 7) is 2.03. The van der Waals surface area contributed by atoms with Crippen LogP contribution in [0.3, 0.4) is 0 Å². The highest BCUT2D eigenvalue weighted by Gasteiger charge is 2.42. The normalized spacial score (nSPS) is 29.6. The third kappa shape index (κ3) is 2.18. The molecule has 1 aliphatic rings. The van der Waals surface area contributed by atoms with Crippen LogP contribution < -0.4 is 5.32 Å². The molecule has 1 heterocycles. The monoisotopic (exact) mass is 270 g/mol. The molecule has 19 heavy (non-hydrogen) atoms. The molecular weight excluding hydrogens is 256 g/mol. The number of rotatable bonds is 2. The van der Waals surface area contributed by atoms with Gasteiger partial charge in [0.15, 0.2) is 5.00 Å². The van der Waals surface area contributed by atoms with Gasteiger partial charge in [-0.15, -0.1) is 0 Å². The molecule has 3 rings (SSSR count). The van der Waals surface area contributed by atoms with Crippen molar-refractivity contribution in [1.29, 1.82) is 0 Å². The molecule has 96 valence electrons. The van der Waals surface area contributed by atoms with Gasteiger partial charge in [0.25, 0.3) is 0 Å². The molecular formula is C16H15ClN2. The quantitative estimate of drug-likeness (QED) is 0.654. The summed E-state index contributed by atoms with van der Waals surface area (Å²) in [5.41, 5.74) is 1.61. The lowest BCUT2D eigenvalue weighted by molar-refractivity contribution is 0.382. The van der Waals surface area contributed by atoms with Crippen LogP contribution in [0.5, 0.6) is 0 Å². The van der Waals surface area contributed by atoms with Crippen LogP contribution >= 0.6 is 11.6 Å². The molecule has 2 unspecified atom stereocenters. The zero-order chi connectivity index (χ0) is 13.3. The number of halogens is 1. The maximum Gasteiger partial charge on any atom is 0.157 e. The van der Waals surface area contributed by atoms with Crippen LogP contribution in [0.2, 0.25) is 0 Å². The third-order valence-corrected chi connectivity index (χ3v) is 3.87. The summed E-state index contributed by atoms with van der Waals surface area (Å²) in [6, 6.07) is 20.1. The van der Waals surface area contributed by atoms with Gasteiger partial charge in [-0.1, -0.05) is 72.3 Å². The summed E-state index contributed by atoms with van der Waals surface area (Å²) in [5, 5.41) is 3.42. The lowest BCUT2D eigenvalue weighted by atomic mass is 10.0. The van der Waals surface area contributed by atoms with Crippen LogP contribution in [-0.4, -0.2) is 6.21 Å². The second-order valence-corrected chi connectivity index (χ2v) is 5.50. The van der Waals surface area contributed by atoms with Crippen LogP contribution in [0.1, 0.15) is 18.1 Å². The zero-order valence-corrected chi connectivity index (χ0v) is 11.4. The first-order valence-corrected chi connectivity index (χ1v) is 6.66. The number of nitrogens with one attached hydrogen (secondary N) is 1. The van der Waals surface area contributed by atoms with Crippen molar-refractivity contribution in [1.82, 2.24) is 5.32 Å². The van der Waals surface area contributed by atoms with E-state index in [4.69, 9.17) is 11.6 Å². The first-order chi connectivity index (χ1) is 9.12. The molecule has 2 nitrogen and oxygen atoms in total. The molecule has 2 aromatic carbocycles. The average Bonchev–Trinajstić information content (AvgIpc) is 2.80. The molecule has 3 heteroatoms. The van der Waals surface area contributed by atoms with Gasteiger partial charge in [-0.05, 0) is 18.1 Å². The molecule has 0 radical (unpaired) electrons. The molecule has 1 aliphatic heterocycles. The van der Waals surface area contributed by atoms with Crippen molar-refractivity contribution >= 4 is 17.8 Å². The van der Waals surface area contributed by atoms with Gasteiger partial charge < -0.3 is 0 Å². The molecule has 0 saturated heterocycles. The first kappa shape index (κ1) is 12.4. The van der Waals surface area contributed by atoms with Crippen LogP contribution in [-0.2, 0) is 10.7 Å². The van der Waals surface area contributed by atoms with Crippen molar-refractivity contribution in [2.45, 2.75) is 17.6 Å². The fraction of sp³-hybridized carbons (Fsp3) is 0.188. The molecule has 1 N–H and O–H groups in total. The SMILES string of the molecule is CC1(c2ccccc2)N=CC(Cl)(c2ccccc2)N1. The van der Waals surface area contributed by atoms with Crippen LogP contribution in [0.15, 0.2) is 65.7 Å². The molecule has 0 amide bonds. The van der Waals surface area contributed by atoms with Crippen molar-refractivity contribution in [3.63, 3.8) is 0 Å². The van der Waals surface area contributed by atoms with Gasteiger partial charge in [0, 0.05) is 6.21 Å². The van der Waals surface area contributed by atoms with Gasteiger partial charge in [-0.3, -0.25) is 10.3 Å². The van der Waals surface area contributed by atoms with Crippen LogP contribution in [0.25, 0.3) is 0 Å². The highest BCUT2D eigenvalue weighted by molar-refractivity contribution is 6.32. The molecule has 0 aliphatic carbocycles. The standard InChI is InChI=1S/C16H15ClN2/c1-15(13-8-4-2-5-9-13)18-12-16(17,19-15)14-10-6-3-7-11-14/h2-12,19H,1H3. The van der Waals surface area contributed by atoms with E-state index in [1.165, 1.54) is 0 Å². The van der Waals surface area contributed by atoms with Gasteiger partial charge in [-0.25, -0.2) is 0 Å². The van der Waals surface area contributed by atoms with Crippen molar-refractivity contribution < 1.29 is 0 Å². The van der Waals surface area contributed by atoms with Gasteiger partial charge in [0.05, 0.1) is 0 Å². The molecule has 0 bridgehead atoms. The highest BCUT2D eigenvalue weighted by Crippen LogP contribution is 2.37. The summed E-state index contributed by atoms with van der Waals surface area (Å²) in [7, 11) is 0. The zero-order valence-electron chi connectivity index (χ0n) is 10.7. The smallest absolute Gasteiger partial charge is 0.157 e. The fourth-order valence-corrected chi connectivity index (χ4v) is 2.73. The van der Waals surface area contributed by atoms with E-state index < -0.39 is 10.7 Å². The Morgan fingerprint density at radius 3 is 2.00 bits per heavy atom. The van der Waals surface area contributed by atoms with E-state index in [-0.39, 0.29) is 0 Å². The number of benzene rings is 2. The Morgan fingerprint density at radius 2 is 1.42 bits per heavy atom. The Labute approximate surface area is 118 Å². The molecule has 0 saturated carbocycles. The molecule has 2 aromatic rings. The van der Waals surface area contributed by atoms with E-state index in [0.29, 0.717) is 0 Å². The number of hydrogen-bond donors (Lipinski definition) is 1. The minimum Gasteiger partial charge on any atom is -0.267 e. The van der Waals surface area contributed by atoms with E-state index in [1.807, 2.05) is 55.5 Å². The first-order valence-electron chi connectivity index (χ1n) is 6.28. The average molecular weight is 271 g/mol. The minimum atomic E-state index is -0.744. The summed E-state index contributed by atoms with van der Waals surface area (Å²) in [4.78, 5) is 3.86. The molecule has 0 aromatic heterocycles. The predicted octanol–water partition coefficient (Wildman–Crippen LogP) is 3.63. The number of hydrogen-bond acceptors (Lipinski definition) is 2. The Kier molecular flexibility index (Phi) is 2.92. The highest BCUT2D eigenvalue weighted by atomic mass is 35.5. The van der Waals surface area contributed by atoms with Gasteiger partial charge >= 0.3 is 0 Å². The Morgan fingerprint density at radius 1 is 0.895 bits per heavy atom. The number of nitrogens with zero attached hydrogens (tertiary/aromatic N) is 1. The van der Waals surface area contributed by atoms with Crippen molar-refractivity contribution in [2.24, 2.45) is 4.99 Å². The van der Waals surface area contributed by atoms with Gasteiger partial charge in [0.2, 0.25) is 0 Å². The fourth-order valence-electron chi connectivity index (χ4n) is 2.37. The third-order valence-electron chi connectivity index (χ3n) is 3.46. The van der Waals surface area contributed by atoms with E-state index in [0.717, 1.165) is 11.1 Å². The Balaban J connectivity index is 1.95. The van der Waals surface area contributed by atoms with E-state index >= 15 is 0 Å². The number of alkyl halides is 1. The maximum atomic E-state index is 6.67. The molecule has 0 spiro atoms. The van der Waals surface area contributed by atoms with Crippen molar-refractivity contribution in [3.05, 3.63) is 71.8 Å². The second kappa shape index (κ2) is 4.48. The van der Waals surface area contributed by atoms with Gasteiger partial charge in [-0.2, -0.15) is 0 Å². The molecule has 2 atom stereocenters. The number of aliphatic imine (C=N–C) groups is 1. The summed E-state index contributed by atoms with van der Waals surface area (Å²) in [6.07, 6.45) is 1.79. The van der Waals surface area contributed by atoms with Crippen LogP contribution in [0, 0.1) is 0 Å². The van der Waals surface area contributed by atoms with Gasteiger partial charge in [0.1, 0.15) is 5.66 Å². The second-order valence-electron chi connectivity index (χ2n) is 4.90. The molecule has 0 fully saturated rings. The van der Waals surface area contributed by atoms with E-state index in [2.05, 4.69) is 22.4 Å². The van der Waals surface area contributed by atoms with Crippen molar-refractivity contribution in [3.8, 4) is 0 Å². The Bertz CT molecular complexity index is 543. The predicted molar refractivity (Wildman–Crippen MR) is 79.4 cm³/mol. The lowest BCUT2D eigenvalue weighted by Gasteiger charge is -2.29. The lowest BCUT2D eigenvalue weighted by Crippen LogP contribution is -2.44. The largest absolute Gasteiger partial charge is 0.267 e. The van der Waals surface area contributed by atoms with Crippen LogP contribution in [0.4, 0.5) is 0 Å². The van der Waals surface area contributed by atoms with E-state index in [1.54, 1.807) is 6.21 Å². The van der Waals surface area contributed by atoms with E-state index in [9.17, 15) is 0 Å². The maximum absolute atomic E-state index is 6.67. The Hall–Kier alpha value is -1.64. The summed E-state index contributed by atoms with van der Waals surface area (Å²) < 4.78 is 0. The minimum absolute atomic E-state index is 0.487. The topological polar surface area (TPSA) is 24.4 Å². The summed E-state index contributed by atoms with van der Waals surface area (Å²) >= 11 is 6.67.